The van der Waals surface area contributed by atoms with Gasteiger partial charge in [-0.3, -0.25) is 0 Å². The molecule has 3 atom stereocenters. The van der Waals surface area contributed by atoms with Crippen molar-refractivity contribution >= 4 is 0 Å². The minimum absolute atomic E-state index is 0.0128. The normalized spacial score (nSPS) is 16.8. The summed E-state index contributed by atoms with van der Waals surface area (Å²) in [6, 6.07) is 9.58. The van der Waals surface area contributed by atoms with Gasteiger partial charge in [0.15, 0.2) is 0 Å². The van der Waals surface area contributed by atoms with Crippen molar-refractivity contribution in [2.24, 2.45) is 0 Å². The lowest BCUT2D eigenvalue weighted by Crippen LogP contribution is -2.33. The van der Waals surface area contributed by atoms with E-state index in [1.165, 1.54) is 0 Å². The fraction of sp³-hybridized carbons (Fsp3) is 0.538. The second kappa shape index (κ2) is 6.63. The van der Waals surface area contributed by atoms with Gasteiger partial charge in [0.1, 0.15) is 0 Å². The Bertz CT molecular complexity index is 287. The summed E-state index contributed by atoms with van der Waals surface area (Å²) in [4.78, 5) is 0. The molecule has 0 spiro atoms. The summed E-state index contributed by atoms with van der Waals surface area (Å²) in [5.74, 6) is 0. The van der Waals surface area contributed by atoms with Crippen LogP contribution in [0.3, 0.4) is 0 Å². The van der Waals surface area contributed by atoms with E-state index in [4.69, 9.17) is 5.11 Å². The lowest BCUT2D eigenvalue weighted by atomic mass is 10.0. The highest BCUT2D eigenvalue weighted by atomic mass is 16.3. The first kappa shape index (κ1) is 13.2. The fourth-order valence-corrected chi connectivity index (χ4v) is 1.57. The second-order valence-corrected chi connectivity index (χ2v) is 4.24. The summed E-state index contributed by atoms with van der Waals surface area (Å²) in [6.45, 7) is 4.42. The van der Waals surface area contributed by atoms with Gasteiger partial charge in [-0.2, -0.15) is 0 Å². The standard InChI is InChI=1S/C13H21NO2/c1-10(15)8-9-14-11(2)13(16)12-6-4-3-5-7-12/h3-7,10-11,13-16H,8-9H2,1-2H3. The highest BCUT2D eigenvalue weighted by molar-refractivity contribution is 5.18. The number of hydrogen-bond acceptors (Lipinski definition) is 3. The summed E-state index contributed by atoms with van der Waals surface area (Å²) in [5.41, 5.74) is 0.916. The summed E-state index contributed by atoms with van der Waals surface area (Å²) in [6.07, 6.45) is -0.102. The van der Waals surface area contributed by atoms with Crippen LogP contribution in [0.5, 0.6) is 0 Å². The zero-order valence-corrected chi connectivity index (χ0v) is 9.93. The van der Waals surface area contributed by atoms with Crippen molar-refractivity contribution in [3.63, 3.8) is 0 Å². The molecule has 3 nitrogen and oxygen atoms in total. The van der Waals surface area contributed by atoms with Gasteiger partial charge in [0.25, 0.3) is 0 Å². The molecule has 0 aliphatic rings. The van der Waals surface area contributed by atoms with Crippen molar-refractivity contribution < 1.29 is 10.2 Å². The van der Waals surface area contributed by atoms with E-state index in [0.29, 0.717) is 13.0 Å². The number of nitrogens with one attached hydrogen (secondary N) is 1. The Hall–Kier alpha value is -0.900. The van der Waals surface area contributed by atoms with Gasteiger partial charge < -0.3 is 15.5 Å². The number of hydrogen-bond donors (Lipinski definition) is 3. The minimum atomic E-state index is -0.504. The summed E-state index contributed by atoms with van der Waals surface area (Å²) < 4.78 is 0. The third-order valence-electron chi connectivity index (χ3n) is 2.64. The molecule has 16 heavy (non-hydrogen) atoms. The second-order valence-electron chi connectivity index (χ2n) is 4.24. The Morgan fingerprint density at radius 2 is 1.75 bits per heavy atom. The average molecular weight is 223 g/mol. The van der Waals surface area contributed by atoms with Gasteiger partial charge in [-0.1, -0.05) is 30.3 Å². The Labute approximate surface area is 97.1 Å². The molecule has 0 aliphatic heterocycles. The molecule has 1 aromatic rings. The lowest BCUT2D eigenvalue weighted by molar-refractivity contribution is 0.129. The lowest BCUT2D eigenvalue weighted by Gasteiger charge is -2.21. The van der Waals surface area contributed by atoms with E-state index < -0.39 is 6.10 Å². The minimum Gasteiger partial charge on any atom is -0.393 e. The summed E-state index contributed by atoms with van der Waals surface area (Å²) in [7, 11) is 0. The summed E-state index contributed by atoms with van der Waals surface area (Å²) >= 11 is 0. The van der Waals surface area contributed by atoms with Gasteiger partial charge in [0, 0.05) is 6.04 Å². The maximum atomic E-state index is 10.0. The van der Waals surface area contributed by atoms with E-state index in [2.05, 4.69) is 5.32 Å². The van der Waals surface area contributed by atoms with Crippen molar-refractivity contribution in [1.82, 2.24) is 5.32 Å². The van der Waals surface area contributed by atoms with Crippen LogP contribution in [-0.4, -0.2) is 28.9 Å². The van der Waals surface area contributed by atoms with Crippen LogP contribution in [0.25, 0.3) is 0 Å². The van der Waals surface area contributed by atoms with Crippen LogP contribution in [0.1, 0.15) is 31.9 Å². The predicted octanol–water partition coefficient (Wildman–Crippen LogP) is 1.47. The molecule has 0 aliphatic carbocycles. The molecule has 0 aromatic heterocycles. The van der Waals surface area contributed by atoms with Crippen molar-refractivity contribution in [2.45, 2.75) is 38.5 Å². The first-order valence-corrected chi connectivity index (χ1v) is 5.75. The first-order chi connectivity index (χ1) is 7.61. The molecule has 3 N–H and O–H groups in total. The molecule has 0 radical (unpaired) electrons. The van der Waals surface area contributed by atoms with Gasteiger partial charge in [0.2, 0.25) is 0 Å². The molecule has 0 amide bonds. The third-order valence-corrected chi connectivity index (χ3v) is 2.64. The molecule has 0 saturated carbocycles. The number of rotatable bonds is 6. The Kier molecular flexibility index (Phi) is 5.46. The predicted molar refractivity (Wildman–Crippen MR) is 65.2 cm³/mol. The molecule has 1 aromatic carbocycles. The molecule has 0 heterocycles. The van der Waals surface area contributed by atoms with E-state index in [-0.39, 0.29) is 12.1 Å². The van der Waals surface area contributed by atoms with Crippen molar-refractivity contribution in [2.75, 3.05) is 6.54 Å². The zero-order valence-electron chi connectivity index (χ0n) is 9.93. The number of aliphatic hydroxyl groups is 2. The van der Waals surface area contributed by atoms with E-state index >= 15 is 0 Å². The molecule has 3 heteroatoms. The van der Waals surface area contributed by atoms with E-state index in [1.807, 2.05) is 37.3 Å². The monoisotopic (exact) mass is 223 g/mol. The van der Waals surface area contributed by atoms with Crippen LogP contribution in [0.15, 0.2) is 30.3 Å². The van der Waals surface area contributed by atoms with E-state index in [0.717, 1.165) is 5.56 Å². The molecule has 3 unspecified atom stereocenters. The average Bonchev–Trinajstić information content (AvgIpc) is 2.28. The van der Waals surface area contributed by atoms with Crippen molar-refractivity contribution in [1.29, 1.82) is 0 Å². The van der Waals surface area contributed by atoms with Gasteiger partial charge >= 0.3 is 0 Å². The summed E-state index contributed by atoms with van der Waals surface area (Å²) in [5, 5.41) is 22.3. The largest absolute Gasteiger partial charge is 0.393 e. The molecule has 90 valence electrons. The van der Waals surface area contributed by atoms with Crippen LogP contribution in [0.2, 0.25) is 0 Å². The topological polar surface area (TPSA) is 52.5 Å². The molecule has 0 saturated heterocycles. The van der Waals surface area contributed by atoms with E-state index in [1.54, 1.807) is 6.92 Å². The maximum absolute atomic E-state index is 10.0. The van der Waals surface area contributed by atoms with Gasteiger partial charge in [-0.05, 0) is 32.4 Å². The van der Waals surface area contributed by atoms with E-state index in [9.17, 15) is 5.11 Å². The van der Waals surface area contributed by atoms with Gasteiger partial charge in [-0.15, -0.1) is 0 Å². The SMILES string of the molecule is CC(O)CCNC(C)C(O)c1ccccc1. The molecule has 0 bridgehead atoms. The Morgan fingerprint density at radius 1 is 1.12 bits per heavy atom. The third kappa shape index (κ3) is 4.31. The van der Waals surface area contributed by atoms with Crippen LogP contribution in [0, 0.1) is 0 Å². The molecular weight excluding hydrogens is 202 g/mol. The highest BCUT2D eigenvalue weighted by Gasteiger charge is 2.15. The fourth-order valence-electron chi connectivity index (χ4n) is 1.57. The van der Waals surface area contributed by atoms with Crippen molar-refractivity contribution in [3.8, 4) is 0 Å². The Balaban J connectivity index is 2.39. The van der Waals surface area contributed by atoms with Gasteiger partial charge in [0.05, 0.1) is 12.2 Å². The first-order valence-electron chi connectivity index (χ1n) is 5.75. The maximum Gasteiger partial charge on any atom is 0.0940 e. The molecule has 1 rings (SSSR count). The highest BCUT2D eigenvalue weighted by Crippen LogP contribution is 2.15. The number of aliphatic hydroxyl groups excluding tert-OH is 2. The van der Waals surface area contributed by atoms with Crippen LogP contribution >= 0.6 is 0 Å². The zero-order chi connectivity index (χ0) is 12.0. The number of benzene rings is 1. The smallest absolute Gasteiger partial charge is 0.0940 e. The van der Waals surface area contributed by atoms with Crippen LogP contribution < -0.4 is 5.32 Å². The Morgan fingerprint density at radius 3 is 2.31 bits per heavy atom. The van der Waals surface area contributed by atoms with Gasteiger partial charge in [-0.25, -0.2) is 0 Å². The molecule has 0 fully saturated rings. The van der Waals surface area contributed by atoms with Crippen molar-refractivity contribution in [3.05, 3.63) is 35.9 Å². The molecular formula is C13H21NO2. The van der Waals surface area contributed by atoms with Crippen LogP contribution in [-0.2, 0) is 0 Å². The quantitative estimate of drug-likeness (QED) is 0.684. The van der Waals surface area contributed by atoms with Crippen LogP contribution in [0.4, 0.5) is 0 Å².